The van der Waals surface area contributed by atoms with Crippen LogP contribution >= 0.6 is 0 Å². The first-order valence-electron chi connectivity index (χ1n) is 11.3. The number of ether oxygens (including phenoxy) is 1. The summed E-state index contributed by atoms with van der Waals surface area (Å²) in [6.45, 7) is 4.09. The largest absolute Gasteiger partial charge is 0.398 e. The topological polar surface area (TPSA) is 91.4 Å². The molecule has 2 fully saturated rings. The molecular weight excluding hydrogens is 414 g/mol. The van der Waals surface area contributed by atoms with Gasteiger partial charge in [0.05, 0.1) is 6.10 Å². The van der Waals surface area contributed by atoms with Gasteiger partial charge in [0.1, 0.15) is 0 Å². The third-order valence-electron chi connectivity index (χ3n) is 6.05. The lowest BCUT2D eigenvalue weighted by molar-refractivity contribution is -0.109. The van der Waals surface area contributed by atoms with Crippen molar-refractivity contribution in [1.82, 2.24) is 10.2 Å². The van der Waals surface area contributed by atoms with E-state index < -0.39 is 5.92 Å². The molecule has 4 N–H and O–H groups in total. The molecule has 1 amide bonds. The summed E-state index contributed by atoms with van der Waals surface area (Å²) in [5.41, 5.74) is 9.50. The van der Waals surface area contributed by atoms with Gasteiger partial charge in [-0.1, -0.05) is 24.6 Å². The summed E-state index contributed by atoms with van der Waals surface area (Å²) in [6, 6.07) is 5.91. The van der Waals surface area contributed by atoms with Crippen molar-refractivity contribution in [3.05, 3.63) is 29.3 Å². The first-order chi connectivity index (χ1) is 15.2. The molecule has 0 radical (unpaired) electrons. The van der Waals surface area contributed by atoms with Crippen LogP contribution in [0.25, 0.3) is 0 Å². The fourth-order valence-corrected chi connectivity index (χ4v) is 3.89. The van der Waals surface area contributed by atoms with Crippen LogP contribution in [0.1, 0.15) is 69.1 Å². The molecule has 8 heteroatoms. The number of nitrogens with one attached hydrogen (secondary N) is 2. The highest BCUT2D eigenvalue weighted by molar-refractivity contribution is 6.04. The molecule has 182 valence electrons. The Morgan fingerprint density at radius 3 is 2.28 bits per heavy atom. The molecule has 1 unspecified atom stereocenters. The van der Waals surface area contributed by atoms with Gasteiger partial charge in [0.2, 0.25) is 12.3 Å². The molecule has 0 bridgehead atoms. The Hall–Kier alpha value is -2.06. The van der Waals surface area contributed by atoms with E-state index in [1.807, 2.05) is 25.1 Å². The number of carbonyl (C=O) groups excluding carboxylic acids is 1. The quantitative estimate of drug-likeness (QED) is 0.344. The van der Waals surface area contributed by atoms with Crippen LogP contribution in [0.4, 0.5) is 14.5 Å². The van der Waals surface area contributed by atoms with Crippen LogP contribution in [-0.4, -0.2) is 57.2 Å². The van der Waals surface area contributed by atoms with Crippen molar-refractivity contribution in [3.8, 4) is 0 Å². The lowest BCUT2D eigenvalue weighted by atomic mass is 9.86. The second-order valence-corrected chi connectivity index (χ2v) is 8.50. The van der Waals surface area contributed by atoms with Gasteiger partial charge in [-0.25, -0.2) is 8.78 Å². The SMILES string of the molecule is CNC=O.COC(C)c1cccc(C(=N)C2CCN(C)CC2)c1N.FC1(F)CCCCC1. The maximum absolute atomic E-state index is 12.2. The minimum atomic E-state index is -2.32. The lowest BCUT2D eigenvalue weighted by Gasteiger charge is -2.30. The normalized spacial score (nSPS) is 19.4. The molecule has 0 aromatic heterocycles. The van der Waals surface area contributed by atoms with Crippen LogP contribution in [0, 0.1) is 11.3 Å². The minimum Gasteiger partial charge on any atom is -0.398 e. The standard InChI is InChI=1S/C16H25N3O.C6H10F2.C2H5NO/c1-11(20-3)13-5-4-6-14(16(13)18)15(17)12-7-9-19(2)10-8-12;7-6(8)4-2-1-3-5-6;1-3-2-4/h4-6,11-12,17H,7-10,18H2,1-3H3;1-5H2;2H,1H3,(H,3,4). The Kier molecular flexibility index (Phi) is 12.4. The van der Waals surface area contributed by atoms with Crippen molar-refractivity contribution < 1.29 is 18.3 Å². The molecule has 1 aromatic rings. The smallest absolute Gasteiger partial charge is 0.248 e. The number of para-hydroxylation sites is 1. The molecule has 1 heterocycles. The number of benzene rings is 1. The molecule has 1 aromatic carbocycles. The van der Waals surface area contributed by atoms with Crippen molar-refractivity contribution in [2.24, 2.45) is 5.92 Å². The van der Waals surface area contributed by atoms with Crippen LogP contribution in [0.3, 0.4) is 0 Å². The van der Waals surface area contributed by atoms with Gasteiger partial charge in [-0.05, 0) is 52.7 Å². The average molecular weight is 455 g/mol. The number of anilines is 1. The zero-order valence-corrected chi connectivity index (χ0v) is 19.9. The fourth-order valence-electron chi connectivity index (χ4n) is 3.89. The van der Waals surface area contributed by atoms with E-state index in [9.17, 15) is 8.78 Å². The Morgan fingerprint density at radius 2 is 1.84 bits per heavy atom. The summed E-state index contributed by atoms with van der Waals surface area (Å²) in [4.78, 5) is 11.4. The lowest BCUT2D eigenvalue weighted by Crippen LogP contribution is -2.33. The third kappa shape index (κ3) is 9.20. The Morgan fingerprint density at radius 1 is 1.28 bits per heavy atom. The van der Waals surface area contributed by atoms with E-state index in [0.29, 0.717) is 36.6 Å². The van der Waals surface area contributed by atoms with Crippen LogP contribution in [-0.2, 0) is 9.53 Å². The molecule has 1 saturated heterocycles. The number of halogens is 2. The van der Waals surface area contributed by atoms with Crippen molar-refractivity contribution in [1.29, 1.82) is 5.41 Å². The number of nitrogen functional groups attached to an aromatic ring is 1. The number of piperidine rings is 1. The summed E-state index contributed by atoms with van der Waals surface area (Å²) in [7, 11) is 5.38. The predicted molar refractivity (Wildman–Crippen MR) is 126 cm³/mol. The number of likely N-dealkylation sites (tertiary alicyclic amines) is 1. The predicted octanol–water partition coefficient (Wildman–Crippen LogP) is 4.63. The van der Waals surface area contributed by atoms with Gasteiger partial charge < -0.3 is 26.1 Å². The summed E-state index contributed by atoms with van der Waals surface area (Å²) in [5.74, 6) is -2.00. The maximum Gasteiger partial charge on any atom is 0.248 e. The molecule has 1 saturated carbocycles. The van der Waals surface area contributed by atoms with Gasteiger partial charge in [-0.3, -0.25) is 4.79 Å². The van der Waals surface area contributed by atoms with Crippen LogP contribution in [0.5, 0.6) is 0 Å². The van der Waals surface area contributed by atoms with Crippen LogP contribution in [0.15, 0.2) is 18.2 Å². The van der Waals surface area contributed by atoms with E-state index >= 15 is 0 Å². The number of methoxy groups -OCH3 is 1. The number of amides is 1. The Bertz CT molecular complexity index is 699. The number of hydrogen-bond acceptors (Lipinski definition) is 5. The zero-order chi connectivity index (χ0) is 24.1. The number of nitrogens with zero attached hydrogens (tertiary/aromatic N) is 1. The van der Waals surface area contributed by atoms with Crippen molar-refractivity contribution >= 4 is 17.8 Å². The van der Waals surface area contributed by atoms with Gasteiger partial charge in [-0.15, -0.1) is 0 Å². The molecule has 6 nitrogen and oxygen atoms in total. The van der Waals surface area contributed by atoms with Crippen LogP contribution in [0.2, 0.25) is 0 Å². The Labute approximate surface area is 191 Å². The van der Waals surface area contributed by atoms with Gasteiger partial charge in [-0.2, -0.15) is 0 Å². The van der Waals surface area contributed by atoms with E-state index in [1.165, 1.54) is 0 Å². The van der Waals surface area contributed by atoms with Crippen molar-refractivity contribution in [2.75, 3.05) is 40.0 Å². The maximum atomic E-state index is 12.2. The summed E-state index contributed by atoms with van der Waals surface area (Å²) >= 11 is 0. The molecule has 1 atom stereocenters. The molecule has 2 aliphatic rings. The number of rotatable bonds is 5. The second-order valence-electron chi connectivity index (χ2n) is 8.50. The number of alkyl halides is 2. The van der Waals surface area contributed by atoms with Crippen molar-refractivity contribution in [3.63, 3.8) is 0 Å². The van der Waals surface area contributed by atoms with E-state index in [0.717, 1.165) is 43.5 Å². The fraction of sp³-hybridized carbons (Fsp3) is 0.667. The highest BCUT2D eigenvalue weighted by atomic mass is 19.3. The molecular formula is C24H40F2N4O2. The summed E-state index contributed by atoms with van der Waals surface area (Å²) in [5, 5.41) is 10.7. The highest BCUT2D eigenvalue weighted by Gasteiger charge is 2.30. The van der Waals surface area contributed by atoms with Gasteiger partial charge in [0.15, 0.2) is 0 Å². The van der Waals surface area contributed by atoms with Crippen molar-refractivity contribution in [2.45, 2.75) is 63.9 Å². The minimum absolute atomic E-state index is 0.0414. The average Bonchev–Trinajstić information content (AvgIpc) is 2.79. The van der Waals surface area contributed by atoms with E-state index in [2.05, 4.69) is 17.3 Å². The molecule has 3 rings (SSSR count). The molecule has 1 aliphatic heterocycles. The highest BCUT2D eigenvalue weighted by Crippen LogP contribution is 2.32. The van der Waals surface area contributed by atoms with E-state index in [-0.39, 0.29) is 18.9 Å². The Balaban J connectivity index is 0.000000350. The third-order valence-corrected chi connectivity index (χ3v) is 6.05. The van der Waals surface area contributed by atoms with Crippen LogP contribution < -0.4 is 11.1 Å². The monoisotopic (exact) mass is 454 g/mol. The van der Waals surface area contributed by atoms with Gasteiger partial charge in [0.25, 0.3) is 0 Å². The van der Waals surface area contributed by atoms with Gasteiger partial charge in [0, 0.05) is 55.4 Å². The van der Waals surface area contributed by atoms with Gasteiger partial charge >= 0.3 is 0 Å². The summed E-state index contributed by atoms with van der Waals surface area (Å²) < 4.78 is 29.8. The van der Waals surface area contributed by atoms with E-state index in [1.54, 1.807) is 14.2 Å². The van der Waals surface area contributed by atoms with E-state index in [4.69, 9.17) is 20.7 Å². The second kappa shape index (κ2) is 14.2. The first kappa shape index (κ1) is 28.0. The summed E-state index contributed by atoms with van der Waals surface area (Å²) in [6.07, 6.45) is 5.33. The zero-order valence-electron chi connectivity index (χ0n) is 19.9. The number of carbonyl (C=O) groups is 1. The number of nitrogens with two attached hydrogens (primary N) is 1. The molecule has 1 aliphatic carbocycles. The number of hydrogen-bond donors (Lipinski definition) is 3. The first-order valence-corrected chi connectivity index (χ1v) is 11.3. The molecule has 0 spiro atoms. The molecule has 32 heavy (non-hydrogen) atoms.